The third kappa shape index (κ3) is 2.45. The van der Waals surface area contributed by atoms with Crippen molar-refractivity contribution in [1.29, 1.82) is 0 Å². The summed E-state index contributed by atoms with van der Waals surface area (Å²) in [5.74, 6) is 2.52. The second kappa shape index (κ2) is 5.83. The Morgan fingerprint density at radius 2 is 2.05 bits per heavy atom. The summed E-state index contributed by atoms with van der Waals surface area (Å²) in [5.41, 5.74) is 9.23. The van der Waals surface area contributed by atoms with Crippen molar-refractivity contribution < 1.29 is 9.47 Å². The molecule has 0 fully saturated rings. The van der Waals surface area contributed by atoms with E-state index < -0.39 is 0 Å². The highest BCUT2D eigenvalue weighted by atomic mass is 79.9. The van der Waals surface area contributed by atoms with Gasteiger partial charge in [-0.1, -0.05) is 13.8 Å². The molecule has 2 heterocycles. The van der Waals surface area contributed by atoms with Crippen molar-refractivity contribution in [3.05, 3.63) is 22.3 Å². The second-order valence-corrected chi connectivity index (χ2v) is 6.60. The minimum Gasteiger partial charge on any atom is -0.490 e. The van der Waals surface area contributed by atoms with Gasteiger partial charge in [0, 0.05) is 34.6 Å². The van der Waals surface area contributed by atoms with E-state index in [0.29, 0.717) is 19.0 Å². The lowest BCUT2D eigenvalue weighted by Gasteiger charge is -2.21. The van der Waals surface area contributed by atoms with Gasteiger partial charge in [0.2, 0.25) is 0 Å². The molecule has 0 spiro atoms. The Bertz CT molecular complexity index is 710. The summed E-state index contributed by atoms with van der Waals surface area (Å²) >= 11 is 3.67. The molecule has 1 aromatic heterocycles. The zero-order valence-corrected chi connectivity index (χ0v) is 14.6. The first-order valence-corrected chi connectivity index (χ1v) is 8.19. The van der Waals surface area contributed by atoms with Crippen LogP contribution in [0, 0.1) is 0 Å². The van der Waals surface area contributed by atoms with Gasteiger partial charge < -0.3 is 15.2 Å². The van der Waals surface area contributed by atoms with Crippen LogP contribution in [0.5, 0.6) is 11.5 Å². The standard InChI is InChI=1S/C16H20BrN3O2/c1-9(2)13-14(10-8-19-20(3)16(10)18)11(17)7-12-15(13)22-6-4-5-21-12/h7-9H,4-6,18H2,1-3H3. The van der Waals surface area contributed by atoms with Crippen LogP contribution in [0.2, 0.25) is 0 Å². The summed E-state index contributed by atoms with van der Waals surface area (Å²) in [7, 11) is 1.84. The number of nitrogens with zero attached hydrogens (tertiary/aromatic N) is 2. The highest BCUT2D eigenvalue weighted by Gasteiger charge is 2.26. The molecule has 1 aliphatic rings. The molecular weight excluding hydrogens is 346 g/mol. The number of hydrogen-bond donors (Lipinski definition) is 1. The molecule has 1 aromatic carbocycles. The quantitative estimate of drug-likeness (QED) is 0.880. The number of anilines is 1. The van der Waals surface area contributed by atoms with Crippen LogP contribution >= 0.6 is 15.9 Å². The average Bonchev–Trinajstić information content (AvgIpc) is 2.67. The van der Waals surface area contributed by atoms with Crippen LogP contribution in [0.15, 0.2) is 16.7 Å². The van der Waals surface area contributed by atoms with Gasteiger partial charge in [-0.3, -0.25) is 4.68 Å². The third-order valence-corrected chi connectivity index (χ3v) is 4.48. The van der Waals surface area contributed by atoms with Crippen LogP contribution in [0.4, 0.5) is 5.82 Å². The third-order valence-electron chi connectivity index (χ3n) is 3.86. The first-order chi connectivity index (χ1) is 10.5. The molecule has 22 heavy (non-hydrogen) atoms. The fraction of sp³-hybridized carbons (Fsp3) is 0.438. The Balaban J connectivity index is 2.30. The highest BCUT2D eigenvalue weighted by Crippen LogP contribution is 2.48. The molecule has 5 nitrogen and oxygen atoms in total. The van der Waals surface area contributed by atoms with Crippen molar-refractivity contribution in [3.63, 3.8) is 0 Å². The van der Waals surface area contributed by atoms with E-state index in [1.807, 2.05) is 13.1 Å². The lowest BCUT2D eigenvalue weighted by molar-refractivity contribution is 0.296. The van der Waals surface area contributed by atoms with Crippen molar-refractivity contribution >= 4 is 21.7 Å². The molecule has 0 aliphatic carbocycles. The number of aryl methyl sites for hydroxylation is 1. The number of nitrogens with two attached hydrogens (primary N) is 1. The summed E-state index contributed by atoms with van der Waals surface area (Å²) in [6, 6.07) is 1.97. The summed E-state index contributed by atoms with van der Waals surface area (Å²) < 4.78 is 14.5. The topological polar surface area (TPSA) is 62.3 Å². The maximum Gasteiger partial charge on any atom is 0.165 e. The van der Waals surface area contributed by atoms with Gasteiger partial charge in [-0.15, -0.1) is 0 Å². The number of rotatable bonds is 2. The van der Waals surface area contributed by atoms with Crippen molar-refractivity contribution in [2.24, 2.45) is 7.05 Å². The van der Waals surface area contributed by atoms with Crippen molar-refractivity contribution in [2.45, 2.75) is 26.2 Å². The van der Waals surface area contributed by atoms with Gasteiger partial charge in [0.05, 0.1) is 19.4 Å². The number of fused-ring (bicyclic) bond motifs is 1. The van der Waals surface area contributed by atoms with Gasteiger partial charge in [0.25, 0.3) is 0 Å². The molecule has 0 saturated carbocycles. The Morgan fingerprint density at radius 3 is 2.68 bits per heavy atom. The van der Waals surface area contributed by atoms with Crippen molar-refractivity contribution in [1.82, 2.24) is 9.78 Å². The maximum absolute atomic E-state index is 6.19. The van der Waals surface area contributed by atoms with Crippen LogP contribution in [0.3, 0.4) is 0 Å². The van der Waals surface area contributed by atoms with Crippen molar-refractivity contribution in [2.75, 3.05) is 18.9 Å². The summed E-state index contributed by atoms with van der Waals surface area (Å²) in [6.07, 6.45) is 2.68. The fourth-order valence-electron chi connectivity index (χ4n) is 2.76. The monoisotopic (exact) mass is 365 g/mol. The Labute approximate surface area is 138 Å². The molecule has 0 bridgehead atoms. The minimum absolute atomic E-state index is 0.266. The van der Waals surface area contributed by atoms with Crippen LogP contribution < -0.4 is 15.2 Å². The summed E-state index contributed by atoms with van der Waals surface area (Å²) in [5, 5.41) is 4.26. The first-order valence-electron chi connectivity index (χ1n) is 7.40. The Morgan fingerprint density at radius 1 is 1.32 bits per heavy atom. The van der Waals surface area contributed by atoms with E-state index >= 15 is 0 Å². The van der Waals surface area contributed by atoms with E-state index in [0.717, 1.165) is 39.1 Å². The Hall–Kier alpha value is -1.69. The summed E-state index contributed by atoms with van der Waals surface area (Å²) in [6.45, 7) is 5.63. The molecule has 3 rings (SSSR count). The lowest BCUT2D eigenvalue weighted by atomic mass is 9.92. The SMILES string of the molecule is CC(C)c1c2c(cc(Br)c1-c1cnn(C)c1N)OCCCO2. The van der Waals surface area contributed by atoms with E-state index in [2.05, 4.69) is 34.9 Å². The van der Waals surface area contributed by atoms with E-state index in [9.17, 15) is 0 Å². The molecule has 0 radical (unpaired) electrons. The molecule has 118 valence electrons. The average molecular weight is 366 g/mol. The smallest absolute Gasteiger partial charge is 0.165 e. The molecule has 1 aliphatic heterocycles. The van der Waals surface area contributed by atoms with E-state index in [-0.39, 0.29) is 5.92 Å². The van der Waals surface area contributed by atoms with E-state index in [4.69, 9.17) is 15.2 Å². The molecule has 0 atom stereocenters. The Kier molecular flexibility index (Phi) is 4.04. The molecule has 6 heteroatoms. The van der Waals surface area contributed by atoms with Gasteiger partial charge in [0.1, 0.15) is 5.82 Å². The maximum atomic E-state index is 6.19. The van der Waals surface area contributed by atoms with Gasteiger partial charge in [-0.2, -0.15) is 5.10 Å². The van der Waals surface area contributed by atoms with E-state index in [1.165, 1.54) is 0 Å². The number of halogens is 1. The second-order valence-electron chi connectivity index (χ2n) is 5.75. The fourth-order valence-corrected chi connectivity index (χ4v) is 3.40. The van der Waals surface area contributed by atoms with Gasteiger partial charge in [0.15, 0.2) is 11.5 Å². The molecular formula is C16H20BrN3O2. The van der Waals surface area contributed by atoms with Crippen LogP contribution in [0.1, 0.15) is 31.7 Å². The number of hydrogen-bond acceptors (Lipinski definition) is 4. The normalized spacial score (nSPS) is 14.2. The highest BCUT2D eigenvalue weighted by molar-refractivity contribution is 9.10. The van der Waals surface area contributed by atoms with Crippen LogP contribution in [0.25, 0.3) is 11.1 Å². The molecule has 2 N–H and O–H groups in total. The van der Waals surface area contributed by atoms with Crippen LogP contribution in [-0.2, 0) is 7.05 Å². The molecule has 2 aromatic rings. The minimum atomic E-state index is 0.266. The molecule has 0 saturated heterocycles. The van der Waals surface area contributed by atoms with Gasteiger partial charge in [-0.05, 0) is 27.9 Å². The van der Waals surface area contributed by atoms with E-state index in [1.54, 1.807) is 10.9 Å². The predicted molar refractivity (Wildman–Crippen MR) is 90.5 cm³/mol. The lowest BCUT2D eigenvalue weighted by Crippen LogP contribution is -2.04. The molecule has 0 unspecified atom stereocenters. The largest absolute Gasteiger partial charge is 0.490 e. The van der Waals surface area contributed by atoms with Gasteiger partial charge >= 0.3 is 0 Å². The van der Waals surface area contributed by atoms with Gasteiger partial charge in [-0.25, -0.2) is 0 Å². The van der Waals surface area contributed by atoms with Crippen LogP contribution in [-0.4, -0.2) is 23.0 Å². The first kappa shape index (κ1) is 15.2. The van der Waals surface area contributed by atoms with Crippen molar-refractivity contribution in [3.8, 4) is 22.6 Å². The summed E-state index contributed by atoms with van der Waals surface area (Å²) in [4.78, 5) is 0. The molecule has 0 amide bonds. The zero-order chi connectivity index (χ0) is 15.9. The number of nitrogen functional groups attached to an aromatic ring is 1. The number of ether oxygens (including phenoxy) is 2. The zero-order valence-electron chi connectivity index (χ0n) is 13.0. The number of benzene rings is 1. The number of aromatic nitrogens is 2. The predicted octanol–water partition coefficient (Wildman–Crippen LogP) is 3.72.